The van der Waals surface area contributed by atoms with E-state index in [9.17, 15) is 9.90 Å². The highest BCUT2D eigenvalue weighted by Crippen LogP contribution is 2.25. The molecule has 1 rings (SSSR count). The number of aromatic nitrogens is 1. The number of β-amino-alcohol motifs (C(OH)–C–C–N with tert-alkyl or cyclic N) is 1. The van der Waals surface area contributed by atoms with Crippen molar-refractivity contribution in [2.24, 2.45) is 0 Å². The molecule has 0 radical (unpaired) electrons. The molecule has 0 fully saturated rings. The summed E-state index contributed by atoms with van der Waals surface area (Å²) in [5.41, 5.74) is -0.0594. The lowest BCUT2D eigenvalue weighted by Gasteiger charge is -2.22. The third-order valence-corrected chi connectivity index (χ3v) is 4.03. The molecule has 0 spiro atoms. The number of ether oxygens (including phenoxy) is 2. The van der Waals surface area contributed by atoms with E-state index >= 15 is 0 Å². The summed E-state index contributed by atoms with van der Waals surface area (Å²) in [7, 11) is 0. The minimum atomic E-state index is -0.632. The molecule has 0 aromatic carbocycles. The van der Waals surface area contributed by atoms with Crippen molar-refractivity contribution in [3.8, 4) is 5.19 Å². The van der Waals surface area contributed by atoms with Crippen LogP contribution in [0.4, 0.5) is 9.80 Å². The first kappa shape index (κ1) is 21.7. The Bertz CT molecular complexity index is 502. The maximum atomic E-state index is 11.7. The number of unbranched alkanes of at least 4 members (excludes halogenated alkanes) is 3. The van der Waals surface area contributed by atoms with E-state index in [4.69, 9.17) is 9.47 Å². The van der Waals surface area contributed by atoms with Crippen molar-refractivity contribution in [2.45, 2.75) is 65.0 Å². The second-order valence-corrected chi connectivity index (χ2v) is 7.90. The van der Waals surface area contributed by atoms with Crippen molar-refractivity contribution >= 4 is 22.4 Å². The zero-order valence-electron chi connectivity index (χ0n) is 15.6. The number of amides is 1. The number of hydrogen-bond acceptors (Lipinski definition) is 7. The van der Waals surface area contributed by atoms with Crippen LogP contribution in [0.1, 0.15) is 53.4 Å². The summed E-state index contributed by atoms with van der Waals surface area (Å²) in [5, 5.41) is 16.7. The predicted molar refractivity (Wildman–Crippen MR) is 100 cm³/mol. The molecule has 3 N–H and O–H groups in total. The van der Waals surface area contributed by atoms with E-state index in [0.717, 1.165) is 25.7 Å². The summed E-state index contributed by atoms with van der Waals surface area (Å²) in [4.78, 5) is 15.7. The number of rotatable bonds is 11. The Kier molecular flexibility index (Phi) is 9.77. The van der Waals surface area contributed by atoms with Crippen molar-refractivity contribution in [2.75, 3.05) is 25.1 Å². The predicted octanol–water partition coefficient (Wildman–Crippen LogP) is 3.40. The molecular formula is C17H31N3O4S. The molecule has 0 aliphatic carbocycles. The number of aliphatic hydroxyl groups is 1. The van der Waals surface area contributed by atoms with Crippen LogP contribution in [0.5, 0.6) is 5.19 Å². The van der Waals surface area contributed by atoms with E-state index in [1.807, 2.05) is 20.8 Å². The zero-order valence-corrected chi connectivity index (χ0v) is 16.4. The van der Waals surface area contributed by atoms with E-state index in [1.54, 1.807) is 0 Å². The fraction of sp³-hybridized carbons (Fsp3) is 0.765. The number of anilines is 1. The van der Waals surface area contributed by atoms with Gasteiger partial charge in [0.15, 0.2) is 0 Å². The summed E-state index contributed by atoms with van der Waals surface area (Å²) in [6.07, 6.45) is 4.63. The average Bonchev–Trinajstić information content (AvgIpc) is 2.97. The van der Waals surface area contributed by atoms with Gasteiger partial charge >= 0.3 is 6.09 Å². The maximum Gasteiger partial charge on any atom is 0.412 e. The molecule has 8 heteroatoms. The summed E-state index contributed by atoms with van der Waals surface area (Å²) >= 11 is 1.20. The van der Waals surface area contributed by atoms with Crippen LogP contribution in [0, 0.1) is 0 Å². The fourth-order valence-corrected chi connectivity index (χ4v) is 2.52. The Labute approximate surface area is 154 Å². The van der Waals surface area contributed by atoms with Gasteiger partial charge in [-0.05, 0) is 27.2 Å². The first-order valence-corrected chi connectivity index (χ1v) is 9.57. The molecule has 0 bridgehead atoms. The quantitative estimate of drug-likeness (QED) is 0.515. The minimum absolute atomic E-state index is 0.0594. The molecule has 0 aliphatic heterocycles. The lowest BCUT2D eigenvalue weighted by Crippen LogP contribution is -2.42. The van der Waals surface area contributed by atoms with Gasteiger partial charge in [0.1, 0.15) is 17.7 Å². The second kappa shape index (κ2) is 11.3. The van der Waals surface area contributed by atoms with Gasteiger partial charge in [-0.25, -0.2) is 9.78 Å². The van der Waals surface area contributed by atoms with E-state index in [0.29, 0.717) is 23.3 Å². The van der Waals surface area contributed by atoms with Gasteiger partial charge in [-0.3, -0.25) is 5.32 Å². The highest BCUT2D eigenvalue weighted by molar-refractivity contribution is 7.17. The van der Waals surface area contributed by atoms with Gasteiger partial charge in [0.2, 0.25) is 0 Å². The van der Waals surface area contributed by atoms with Crippen molar-refractivity contribution in [1.29, 1.82) is 0 Å². The van der Waals surface area contributed by atoms with Gasteiger partial charge in [-0.15, -0.1) is 0 Å². The van der Waals surface area contributed by atoms with Crippen LogP contribution in [0.2, 0.25) is 0 Å². The number of hydrogen-bond donors (Lipinski definition) is 3. The van der Waals surface area contributed by atoms with Gasteiger partial charge in [-0.1, -0.05) is 37.5 Å². The summed E-state index contributed by atoms with van der Waals surface area (Å²) in [6.45, 7) is 9.22. The molecule has 1 unspecified atom stereocenters. The van der Waals surface area contributed by atoms with Gasteiger partial charge in [0.25, 0.3) is 5.19 Å². The van der Waals surface area contributed by atoms with Crippen LogP contribution in [0.25, 0.3) is 0 Å². The molecule has 0 saturated heterocycles. The molecule has 144 valence electrons. The van der Waals surface area contributed by atoms with Crippen molar-refractivity contribution < 1.29 is 19.4 Å². The minimum Gasteiger partial charge on any atom is -0.467 e. The summed E-state index contributed by atoms with van der Waals surface area (Å²) in [6, 6.07) is 0. The Morgan fingerprint density at radius 3 is 2.80 bits per heavy atom. The number of carbonyl (C=O) groups is 1. The molecule has 0 aliphatic rings. The SMILES string of the molecule is CCCCCCOC(=O)Nc1cnc(OCC(O)CNC(C)(C)C)s1. The van der Waals surface area contributed by atoms with Crippen LogP contribution >= 0.6 is 11.3 Å². The molecule has 7 nitrogen and oxygen atoms in total. The largest absolute Gasteiger partial charge is 0.467 e. The monoisotopic (exact) mass is 373 g/mol. The number of nitrogens with zero attached hydrogens (tertiary/aromatic N) is 1. The fourth-order valence-electron chi connectivity index (χ4n) is 1.86. The smallest absolute Gasteiger partial charge is 0.412 e. The average molecular weight is 374 g/mol. The van der Waals surface area contributed by atoms with Crippen molar-refractivity contribution in [3.05, 3.63) is 6.20 Å². The summed E-state index contributed by atoms with van der Waals surface area (Å²) in [5.74, 6) is 0. The Balaban J connectivity index is 2.23. The van der Waals surface area contributed by atoms with Gasteiger partial charge in [-0.2, -0.15) is 0 Å². The highest BCUT2D eigenvalue weighted by Gasteiger charge is 2.14. The highest BCUT2D eigenvalue weighted by atomic mass is 32.1. The van der Waals surface area contributed by atoms with Crippen LogP contribution in [0.15, 0.2) is 6.20 Å². The number of aliphatic hydroxyl groups excluding tert-OH is 1. The third-order valence-electron chi connectivity index (χ3n) is 3.21. The lowest BCUT2D eigenvalue weighted by molar-refractivity contribution is 0.0999. The molecule has 1 aromatic rings. The van der Waals surface area contributed by atoms with Crippen molar-refractivity contribution in [3.63, 3.8) is 0 Å². The standard InChI is InChI=1S/C17H31N3O4S/c1-5-6-7-8-9-23-15(22)20-14-11-18-16(25-14)24-12-13(21)10-19-17(2,3)4/h11,13,19,21H,5-10,12H2,1-4H3,(H,20,22). The van der Waals surface area contributed by atoms with Gasteiger partial charge in [0, 0.05) is 12.1 Å². The molecule has 25 heavy (non-hydrogen) atoms. The molecular weight excluding hydrogens is 342 g/mol. The molecule has 1 aromatic heterocycles. The number of thiazole rings is 1. The topological polar surface area (TPSA) is 92.7 Å². The van der Waals surface area contributed by atoms with Crippen LogP contribution in [-0.4, -0.2) is 47.6 Å². The van der Waals surface area contributed by atoms with E-state index in [2.05, 4.69) is 22.5 Å². The normalized spacial score (nSPS) is 12.7. The first-order valence-electron chi connectivity index (χ1n) is 8.75. The van der Waals surface area contributed by atoms with Gasteiger partial charge < -0.3 is 19.9 Å². The molecule has 1 amide bonds. The Hall–Kier alpha value is -1.38. The van der Waals surface area contributed by atoms with E-state index in [-0.39, 0.29) is 12.1 Å². The van der Waals surface area contributed by atoms with E-state index < -0.39 is 12.2 Å². The maximum absolute atomic E-state index is 11.7. The van der Waals surface area contributed by atoms with Crippen LogP contribution in [0.3, 0.4) is 0 Å². The van der Waals surface area contributed by atoms with Crippen LogP contribution < -0.4 is 15.4 Å². The Morgan fingerprint density at radius 2 is 2.12 bits per heavy atom. The summed E-state index contributed by atoms with van der Waals surface area (Å²) < 4.78 is 10.5. The zero-order chi connectivity index (χ0) is 18.7. The van der Waals surface area contributed by atoms with Crippen molar-refractivity contribution in [1.82, 2.24) is 10.3 Å². The first-order chi connectivity index (χ1) is 11.8. The number of nitrogens with one attached hydrogen (secondary N) is 2. The van der Waals surface area contributed by atoms with Gasteiger partial charge in [0.05, 0.1) is 12.8 Å². The molecule has 1 heterocycles. The molecule has 0 saturated carbocycles. The third kappa shape index (κ3) is 11.0. The van der Waals surface area contributed by atoms with E-state index in [1.165, 1.54) is 17.5 Å². The molecule has 1 atom stereocenters. The second-order valence-electron chi connectivity index (χ2n) is 6.91. The lowest BCUT2D eigenvalue weighted by atomic mass is 10.1. The Morgan fingerprint density at radius 1 is 1.36 bits per heavy atom. The number of carbonyl (C=O) groups excluding carboxylic acids is 1. The van der Waals surface area contributed by atoms with Crippen LogP contribution in [-0.2, 0) is 4.74 Å².